The van der Waals surface area contributed by atoms with Crippen LogP contribution in [0.2, 0.25) is 0 Å². The summed E-state index contributed by atoms with van der Waals surface area (Å²) < 4.78 is 26.4. The molecule has 1 saturated carbocycles. The Labute approximate surface area is 104 Å². The van der Waals surface area contributed by atoms with E-state index in [1.807, 2.05) is 20.8 Å². The summed E-state index contributed by atoms with van der Waals surface area (Å²) in [4.78, 5) is 0. The lowest BCUT2D eigenvalue weighted by Crippen LogP contribution is -2.49. The van der Waals surface area contributed by atoms with Gasteiger partial charge < -0.3 is 5.11 Å². The van der Waals surface area contributed by atoms with Crippen molar-refractivity contribution < 1.29 is 13.5 Å². The zero-order valence-electron chi connectivity index (χ0n) is 10.9. The van der Waals surface area contributed by atoms with Gasteiger partial charge in [0.25, 0.3) is 0 Å². The number of aliphatic hydroxyl groups is 1. The molecule has 17 heavy (non-hydrogen) atoms. The molecule has 100 valence electrons. The molecule has 0 bridgehead atoms. The topological polar surface area (TPSA) is 57.6 Å². The van der Waals surface area contributed by atoms with Gasteiger partial charge in [0.1, 0.15) is 0 Å². The van der Waals surface area contributed by atoms with Crippen molar-refractivity contribution in [1.82, 2.24) is 4.31 Å². The van der Waals surface area contributed by atoms with Gasteiger partial charge in [-0.1, -0.05) is 20.8 Å². The van der Waals surface area contributed by atoms with Crippen molar-refractivity contribution in [3.05, 3.63) is 0 Å². The maximum Gasteiger partial charge on any atom is 0.220 e. The van der Waals surface area contributed by atoms with Crippen LogP contribution >= 0.6 is 0 Å². The third-order valence-corrected chi connectivity index (χ3v) is 7.38. The quantitative estimate of drug-likeness (QED) is 0.816. The van der Waals surface area contributed by atoms with Gasteiger partial charge in [-0.15, -0.1) is 0 Å². The Morgan fingerprint density at radius 1 is 1.18 bits per heavy atom. The molecule has 1 aliphatic heterocycles. The number of nitrogens with zero attached hydrogens (tertiary/aromatic N) is 1. The summed E-state index contributed by atoms with van der Waals surface area (Å²) in [6.07, 6.45) is 2.36. The summed E-state index contributed by atoms with van der Waals surface area (Å²) in [5, 5.41) is 9.45. The summed E-state index contributed by atoms with van der Waals surface area (Å²) in [5.41, 5.74) is -0.206. The maximum atomic E-state index is 12.7. The molecule has 0 aromatic rings. The highest BCUT2D eigenvalue weighted by molar-refractivity contribution is 7.90. The summed E-state index contributed by atoms with van der Waals surface area (Å²) in [6.45, 7) is 6.98. The Morgan fingerprint density at radius 2 is 1.65 bits per heavy atom. The fourth-order valence-electron chi connectivity index (χ4n) is 2.84. The highest BCUT2D eigenvalue weighted by Gasteiger charge is 2.63. The molecule has 1 heterocycles. The molecular weight excluding hydrogens is 238 g/mol. The van der Waals surface area contributed by atoms with Crippen LogP contribution in [-0.4, -0.2) is 41.8 Å². The first kappa shape index (κ1) is 13.3. The van der Waals surface area contributed by atoms with Gasteiger partial charge in [-0.05, 0) is 31.1 Å². The van der Waals surface area contributed by atoms with Gasteiger partial charge in [0.15, 0.2) is 0 Å². The molecular formula is C12H23NO3S. The van der Waals surface area contributed by atoms with E-state index in [0.717, 1.165) is 12.8 Å². The highest BCUT2D eigenvalue weighted by Crippen LogP contribution is 2.56. The summed E-state index contributed by atoms with van der Waals surface area (Å²) in [7, 11) is -3.21. The number of rotatable bonds is 2. The number of hydrogen-bond acceptors (Lipinski definition) is 3. The van der Waals surface area contributed by atoms with Gasteiger partial charge in [-0.3, -0.25) is 0 Å². The van der Waals surface area contributed by atoms with Crippen molar-refractivity contribution in [1.29, 1.82) is 0 Å². The lowest BCUT2D eigenvalue weighted by atomic mass is 9.90. The van der Waals surface area contributed by atoms with Gasteiger partial charge in [-0.25, -0.2) is 12.7 Å². The number of piperidine rings is 1. The normalized spacial score (nSPS) is 27.1. The second-order valence-electron chi connectivity index (χ2n) is 6.38. The summed E-state index contributed by atoms with van der Waals surface area (Å²) in [6, 6.07) is 0. The molecule has 0 amide bonds. The average Bonchev–Trinajstić information content (AvgIpc) is 2.97. The predicted molar refractivity (Wildman–Crippen MR) is 67.2 cm³/mol. The van der Waals surface area contributed by atoms with Gasteiger partial charge in [-0.2, -0.15) is 0 Å². The van der Waals surface area contributed by atoms with Gasteiger partial charge in [0.05, 0.1) is 10.9 Å². The van der Waals surface area contributed by atoms with Crippen molar-refractivity contribution in [2.24, 2.45) is 5.41 Å². The van der Waals surface area contributed by atoms with Crippen LogP contribution in [-0.2, 0) is 10.0 Å². The molecule has 0 aromatic heterocycles. The molecule has 2 aliphatic rings. The van der Waals surface area contributed by atoms with Gasteiger partial charge in [0.2, 0.25) is 10.0 Å². The highest BCUT2D eigenvalue weighted by atomic mass is 32.2. The standard InChI is InChI=1S/C12H23NO3S/c1-11(2,3)12(6-7-12)17(15,16)13-8-4-10(14)5-9-13/h10,14H,4-9H2,1-3H3. The first-order chi connectivity index (χ1) is 7.71. The van der Waals surface area contributed by atoms with Gasteiger partial charge >= 0.3 is 0 Å². The third kappa shape index (κ3) is 2.02. The van der Waals surface area contributed by atoms with E-state index in [9.17, 15) is 13.5 Å². The van der Waals surface area contributed by atoms with Crippen LogP contribution in [0.3, 0.4) is 0 Å². The molecule has 0 spiro atoms. The van der Waals surface area contributed by atoms with Crippen LogP contribution in [0.1, 0.15) is 46.5 Å². The van der Waals surface area contributed by atoms with Crippen LogP contribution in [0.25, 0.3) is 0 Å². The number of sulfonamides is 1. The molecule has 5 heteroatoms. The Kier molecular flexibility index (Phi) is 3.08. The van der Waals surface area contributed by atoms with Crippen molar-refractivity contribution in [3.8, 4) is 0 Å². The second-order valence-corrected chi connectivity index (χ2v) is 8.63. The smallest absolute Gasteiger partial charge is 0.220 e. The summed E-state index contributed by atoms with van der Waals surface area (Å²) >= 11 is 0. The molecule has 4 nitrogen and oxygen atoms in total. The SMILES string of the molecule is CC(C)(C)C1(S(=O)(=O)N2CCC(O)CC2)CC1. The average molecular weight is 261 g/mol. The van der Waals surface area contributed by atoms with Crippen molar-refractivity contribution >= 4 is 10.0 Å². The maximum absolute atomic E-state index is 12.7. The minimum Gasteiger partial charge on any atom is -0.393 e. The number of aliphatic hydroxyl groups excluding tert-OH is 1. The van der Waals surface area contributed by atoms with Crippen LogP contribution in [0.15, 0.2) is 0 Å². The van der Waals surface area contributed by atoms with Crippen LogP contribution in [0, 0.1) is 5.41 Å². The fraction of sp³-hybridized carbons (Fsp3) is 1.00. The monoisotopic (exact) mass is 261 g/mol. The van der Waals surface area contributed by atoms with Crippen LogP contribution < -0.4 is 0 Å². The minimum atomic E-state index is -3.21. The van der Waals surface area contributed by atoms with Crippen molar-refractivity contribution in [2.45, 2.75) is 57.3 Å². The van der Waals surface area contributed by atoms with Crippen LogP contribution in [0.4, 0.5) is 0 Å². The second kappa shape index (κ2) is 3.93. The number of hydrogen-bond donors (Lipinski definition) is 1. The van der Waals surface area contributed by atoms with E-state index in [4.69, 9.17) is 0 Å². The van der Waals surface area contributed by atoms with Crippen LogP contribution in [0.5, 0.6) is 0 Å². The molecule has 2 fully saturated rings. The van der Waals surface area contributed by atoms with Gasteiger partial charge in [0, 0.05) is 13.1 Å². The lowest BCUT2D eigenvalue weighted by molar-refractivity contribution is 0.111. The molecule has 2 rings (SSSR count). The molecule has 0 unspecified atom stereocenters. The van der Waals surface area contributed by atoms with E-state index >= 15 is 0 Å². The fourth-order valence-corrected chi connectivity index (χ4v) is 5.42. The first-order valence-electron chi connectivity index (χ1n) is 6.38. The lowest BCUT2D eigenvalue weighted by Gasteiger charge is -2.37. The molecule has 0 radical (unpaired) electrons. The zero-order chi connectivity index (χ0) is 12.9. The minimum absolute atomic E-state index is 0.206. The molecule has 1 N–H and O–H groups in total. The van der Waals surface area contributed by atoms with E-state index in [1.54, 1.807) is 4.31 Å². The van der Waals surface area contributed by atoms with E-state index in [2.05, 4.69) is 0 Å². The molecule has 0 atom stereocenters. The largest absolute Gasteiger partial charge is 0.393 e. The van der Waals surface area contributed by atoms with Crippen molar-refractivity contribution in [3.63, 3.8) is 0 Å². The Bertz CT molecular complexity index is 384. The Morgan fingerprint density at radius 3 is 2.00 bits per heavy atom. The zero-order valence-corrected chi connectivity index (χ0v) is 11.8. The van der Waals surface area contributed by atoms with Crippen molar-refractivity contribution in [2.75, 3.05) is 13.1 Å². The molecule has 0 aromatic carbocycles. The van der Waals surface area contributed by atoms with E-state index in [1.165, 1.54) is 0 Å². The summed E-state index contributed by atoms with van der Waals surface area (Å²) in [5.74, 6) is 0. The van der Waals surface area contributed by atoms with E-state index in [-0.39, 0.29) is 11.5 Å². The Balaban J connectivity index is 2.20. The van der Waals surface area contributed by atoms with E-state index in [0.29, 0.717) is 25.9 Å². The van der Waals surface area contributed by atoms with E-state index < -0.39 is 14.8 Å². The molecule has 1 saturated heterocycles. The predicted octanol–water partition coefficient (Wildman–Crippen LogP) is 1.35. The Hall–Kier alpha value is -0.130. The third-order valence-electron chi connectivity index (χ3n) is 4.33. The molecule has 1 aliphatic carbocycles. The first-order valence-corrected chi connectivity index (χ1v) is 7.82.